The summed E-state index contributed by atoms with van der Waals surface area (Å²) in [5, 5.41) is 0. The van der Waals surface area contributed by atoms with Gasteiger partial charge in [-0.2, -0.15) is 0 Å². The number of nitrogens with two attached hydrogens (primary N) is 1. The van der Waals surface area contributed by atoms with Crippen molar-refractivity contribution >= 4 is 22.9 Å². The van der Waals surface area contributed by atoms with Gasteiger partial charge >= 0.3 is 0 Å². The Hall–Kier alpha value is -0.0900. The highest BCUT2D eigenvalue weighted by Crippen LogP contribution is 2.23. The molecule has 1 heterocycles. The minimum absolute atomic E-state index is 0.578. The second-order valence-electron chi connectivity index (χ2n) is 3.90. The van der Waals surface area contributed by atoms with Crippen molar-refractivity contribution in [2.24, 2.45) is 5.73 Å². The van der Waals surface area contributed by atoms with Crippen LogP contribution in [0.25, 0.3) is 0 Å². The van der Waals surface area contributed by atoms with Crippen LogP contribution in [0.2, 0.25) is 4.34 Å². The lowest BCUT2D eigenvalue weighted by molar-refractivity contribution is 0.237. The van der Waals surface area contributed by atoms with Crippen molar-refractivity contribution in [3.63, 3.8) is 0 Å². The van der Waals surface area contributed by atoms with Crippen LogP contribution >= 0.6 is 22.9 Å². The van der Waals surface area contributed by atoms with E-state index in [1.165, 1.54) is 4.88 Å². The SMILES string of the molecule is CC(CCCN)N(C)Cc1ccc(Cl)s1. The summed E-state index contributed by atoms with van der Waals surface area (Å²) in [4.78, 5) is 3.67. The molecule has 0 aliphatic heterocycles. The summed E-state index contributed by atoms with van der Waals surface area (Å²) in [6.07, 6.45) is 2.25. The number of hydrogen-bond donors (Lipinski definition) is 1. The maximum Gasteiger partial charge on any atom is 0.0931 e. The fourth-order valence-electron chi connectivity index (χ4n) is 1.47. The van der Waals surface area contributed by atoms with Gasteiger partial charge in [0.15, 0.2) is 0 Å². The average Bonchev–Trinajstić information content (AvgIpc) is 2.60. The van der Waals surface area contributed by atoms with Crippen LogP contribution in [-0.4, -0.2) is 24.5 Å². The molecule has 0 aliphatic rings. The first kappa shape index (κ1) is 13.0. The number of thiophene rings is 1. The lowest BCUT2D eigenvalue weighted by Crippen LogP contribution is -2.28. The smallest absolute Gasteiger partial charge is 0.0931 e. The van der Waals surface area contributed by atoms with Crippen LogP contribution in [0.1, 0.15) is 24.6 Å². The molecule has 0 fully saturated rings. The molecule has 0 saturated carbocycles. The van der Waals surface area contributed by atoms with Crippen LogP contribution in [-0.2, 0) is 6.54 Å². The van der Waals surface area contributed by atoms with Crippen LogP contribution in [0.4, 0.5) is 0 Å². The van der Waals surface area contributed by atoms with Crippen LogP contribution in [0.3, 0.4) is 0 Å². The topological polar surface area (TPSA) is 29.3 Å². The highest BCUT2D eigenvalue weighted by Gasteiger charge is 2.09. The van der Waals surface area contributed by atoms with Gasteiger partial charge in [0, 0.05) is 17.5 Å². The van der Waals surface area contributed by atoms with Crippen molar-refractivity contribution in [2.75, 3.05) is 13.6 Å². The highest BCUT2D eigenvalue weighted by atomic mass is 35.5. The van der Waals surface area contributed by atoms with Crippen LogP contribution in [0, 0.1) is 0 Å². The van der Waals surface area contributed by atoms with Crippen molar-refractivity contribution in [1.29, 1.82) is 0 Å². The maximum absolute atomic E-state index is 5.89. The summed E-state index contributed by atoms with van der Waals surface area (Å²) >= 11 is 7.55. The number of hydrogen-bond acceptors (Lipinski definition) is 3. The van der Waals surface area contributed by atoms with E-state index < -0.39 is 0 Å². The largest absolute Gasteiger partial charge is 0.330 e. The third kappa shape index (κ3) is 4.51. The molecular weight excluding hydrogens is 228 g/mol. The quantitative estimate of drug-likeness (QED) is 0.836. The number of nitrogens with zero attached hydrogens (tertiary/aromatic N) is 1. The fraction of sp³-hybridized carbons (Fsp3) is 0.636. The Morgan fingerprint density at radius 2 is 2.27 bits per heavy atom. The second kappa shape index (κ2) is 6.48. The van der Waals surface area contributed by atoms with Crippen molar-refractivity contribution in [3.05, 3.63) is 21.3 Å². The zero-order valence-electron chi connectivity index (χ0n) is 9.37. The van der Waals surface area contributed by atoms with E-state index in [4.69, 9.17) is 17.3 Å². The first-order valence-electron chi connectivity index (χ1n) is 5.28. The third-order valence-corrected chi connectivity index (χ3v) is 3.83. The van der Waals surface area contributed by atoms with E-state index in [1.807, 2.05) is 6.07 Å². The summed E-state index contributed by atoms with van der Waals surface area (Å²) < 4.78 is 0.869. The molecule has 1 rings (SSSR count). The van der Waals surface area contributed by atoms with E-state index in [-0.39, 0.29) is 0 Å². The lowest BCUT2D eigenvalue weighted by Gasteiger charge is -2.23. The zero-order valence-corrected chi connectivity index (χ0v) is 10.9. The molecular formula is C11H19ClN2S. The van der Waals surface area contributed by atoms with Crippen molar-refractivity contribution < 1.29 is 0 Å². The first-order valence-corrected chi connectivity index (χ1v) is 6.47. The Morgan fingerprint density at radius 3 is 2.80 bits per heavy atom. The molecule has 1 unspecified atom stereocenters. The van der Waals surface area contributed by atoms with Crippen LogP contribution < -0.4 is 5.73 Å². The highest BCUT2D eigenvalue weighted by molar-refractivity contribution is 7.16. The summed E-state index contributed by atoms with van der Waals surface area (Å²) in [6.45, 7) is 4.00. The molecule has 0 aliphatic carbocycles. The van der Waals surface area contributed by atoms with Crippen LogP contribution in [0.15, 0.2) is 12.1 Å². The van der Waals surface area contributed by atoms with Gasteiger partial charge in [-0.15, -0.1) is 11.3 Å². The molecule has 2 N–H and O–H groups in total. The van der Waals surface area contributed by atoms with Gasteiger partial charge in [-0.05, 0) is 45.5 Å². The van der Waals surface area contributed by atoms with E-state index in [1.54, 1.807) is 11.3 Å². The summed E-state index contributed by atoms with van der Waals surface area (Å²) in [7, 11) is 2.15. The molecule has 0 saturated heterocycles. The van der Waals surface area contributed by atoms with Crippen LogP contribution in [0.5, 0.6) is 0 Å². The molecule has 4 heteroatoms. The second-order valence-corrected chi connectivity index (χ2v) is 5.70. The average molecular weight is 247 g/mol. The molecule has 1 atom stereocenters. The van der Waals surface area contributed by atoms with Crippen molar-refractivity contribution in [1.82, 2.24) is 4.90 Å². The molecule has 15 heavy (non-hydrogen) atoms. The molecule has 0 spiro atoms. The Balaban J connectivity index is 2.37. The van der Waals surface area contributed by atoms with E-state index in [0.717, 1.165) is 30.3 Å². The zero-order chi connectivity index (χ0) is 11.3. The molecule has 0 aromatic carbocycles. The van der Waals surface area contributed by atoms with Gasteiger partial charge in [-0.3, -0.25) is 4.90 Å². The predicted molar refractivity (Wildman–Crippen MR) is 68.5 cm³/mol. The molecule has 1 aromatic rings. The fourth-order valence-corrected chi connectivity index (χ4v) is 2.62. The number of halogens is 1. The van der Waals surface area contributed by atoms with E-state index in [2.05, 4.69) is 24.9 Å². The van der Waals surface area contributed by atoms with Gasteiger partial charge in [0.05, 0.1) is 4.34 Å². The van der Waals surface area contributed by atoms with E-state index in [0.29, 0.717) is 6.04 Å². The third-order valence-electron chi connectivity index (χ3n) is 2.61. The Labute approximate surface area is 101 Å². The summed E-state index contributed by atoms with van der Waals surface area (Å²) in [6, 6.07) is 4.63. The molecule has 2 nitrogen and oxygen atoms in total. The molecule has 86 valence electrons. The Bertz CT molecular complexity index is 288. The van der Waals surface area contributed by atoms with Gasteiger partial charge < -0.3 is 5.73 Å². The molecule has 0 amide bonds. The van der Waals surface area contributed by atoms with E-state index >= 15 is 0 Å². The van der Waals surface area contributed by atoms with Gasteiger partial charge in [-0.25, -0.2) is 0 Å². The van der Waals surface area contributed by atoms with Gasteiger partial charge in [0.2, 0.25) is 0 Å². The standard InChI is InChI=1S/C11H19ClN2S/c1-9(4-3-7-13)14(2)8-10-5-6-11(12)15-10/h5-6,9H,3-4,7-8,13H2,1-2H3. The minimum atomic E-state index is 0.578. The normalized spacial score (nSPS) is 13.4. The maximum atomic E-state index is 5.89. The van der Waals surface area contributed by atoms with Gasteiger partial charge in [0.25, 0.3) is 0 Å². The lowest BCUT2D eigenvalue weighted by atomic mass is 10.1. The van der Waals surface area contributed by atoms with E-state index in [9.17, 15) is 0 Å². The monoisotopic (exact) mass is 246 g/mol. The summed E-state index contributed by atoms with van der Waals surface area (Å²) in [5.41, 5.74) is 5.50. The Morgan fingerprint density at radius 1 is 1.53 bits per heavy atom. The summed E-state index contributed by atoms with van der Waals surface area (Å²) in [5.74, 6) is 0. The number of rotatable bonds is 6. The van der Waals surface area contributed by atoms with Gasteiger partial charge in [-0.1, -0.05) is 11.6 Å². The van der Waals surface area contributed by atoms with Crippen molar-refractivity contribution in [3.8, 4) is 0 Å². The van der Waals surface area contributed by atoms with Gasteiger partial charge in [0.1, 0.15) is 0 Å². The minimum Gasteiger partial charge on any atom is -0.330 e. The predicted octanol–water partition coefficient (Wildman–Crippen LogP) is 2.96. The first-order chi connectivity index (χ1) is 7.13. The Kier molecular flexibility index (Phi) is 5.61. The molecule has 1 aromatic heterocycles. The molecule has 0 bridgehead atoms. The molecule has 0 radical (unpaired) electrons. The van der Waals surface area contributed by atoms with Crippen molar-refractivity contribution in [2.45, 2.75) is 32.4 Å².